The summed E-state index contributed by atoms with van der Waals surface area (Å²) in [5.41, 5.74) is 0.843. The number of nitrogens with one attached hydrogen (secondary N) is 1. The molecule has 7 heteroatoms. The largest absolute Gasteiger partial charge is 0.480 e. The average Bonchev–Trinajstić information content (AvgIpc) is 2.46. The highest BCUT2D eigenvalue weighted by Crippen LogP contribution is 2.09. The number of carbonyl (C=O) groups is 2. The second-order valence-corrected chi connectivity index (χ2v) is 4.84. The van der Waals surface area contributed by atoms with Crippen molar-refractivity contribution in [1.82, 2.24) is 10.2 Å². The second-order valence-electron chi connectivity index (χ2n) is 4.40. The molecule has 1 rings (SSSR count). The number of amides is 2. The van der Waals surface area contributed by atoms with Crippen LogP contribution >= 0.6 is 11.6 Å². The molecule has 0 aliphatic carbocycles. The van der Waals surface area contributed by atoms with E-state index in [1.54, 1.807) is 24.3 Å². The van der Waals surface area contributed by atoms with Gasteiger partial charge in [-0.1, -0.05) is 23.7 Å². The van der Waals surface area contributed by atoms with Crippen LogP contribution in [0.15, 0.2) is 24.3 Å². The van der Waals surface area contributed by atoms with Crippen LogP contribution in [0, 0.1) is 11.3 Å². The minimum atomic E-state index is -1.12. The number of aliphatic carboxylic acids is 1. The summed E-state index contributed by atoms with van der Waals surface area (Å²) in [4.78, 5) is 24.2. The molecule has 2 N–H and O–H groups in total. The Balaban J connectivity index is 2.65. The molecular weight excluding hydrogens is 294 g/mol. The van der Waals surface area contributed by atoms with Crippen LogP contribution in [0.4, 0.5) is 4.79 Å². The van der Waals surface area contributed by atoms with E-state index in [1.807, 2.05) is 6.07 Å². The van der Waals surface area contributed by atoms with Crippen LogP contribution in [0.1, 0.15) is 18.9 Å². The maximum absolute atomic E-state index is 12.1. The quantitative estimate of drug-likeness (QED) is 0.842. The van der Waals surface area contributed by atoms with Crippen LogP contribution in [-0.2, 0) is 11.3 Å². The van der Waals surface area contributed by atoms with Crippen molar-refractivity contribution in [2.75, 3.05) is 6.54 Å². The number of benzene rings is 1. The van der Waals surface area contributed by atoms with Gasteiger partial charge < -0.3 is 15.3 Å². The molecule has 1 aromatic carbocycles. The van der Waals surface area contributed by atoms with Crippen molar-refractivity contribution in [2.24, 2.45) is 0 Å². The molecule has 1 aromatic rings. The Bertz CT molecular complexity index is 539. The van der Waals surface area contributed by atoms with Crippen LogP contribution in [0.3, 0.4) is 0 Å². The lowest BCUT2D eigenvalue weighted by Gasteiger charge is -2.25. The Labute approximate surface area is 127 Å². The number of carbonyl (C=O) groups excluding carboxylic acids is 1. The molecule has 0 saturated carbocycles. The summed E-state index contributed by atoms with van der Waals surface area (Å²) in [7, 11) is 0. The lowest BCUT2D eigenvalue weighted by atomic mass is 10.2. The minimum absolute atomic E-state index is 0.0659. The molecule has 1 atom stereocenters. The summed E-state index contributed by atoms with van der Waals surface area (Å²) >= 11 is 5.77. The molecular formula is C14H16ClN3O3. The number of carboxylic acid groups (broad SMARTS) is 1. The minimum Gasteiger partial charge on any atom is -0.480 e. The van der Waals surface area contributed by atoms with E-state index in [-0.39, 0.29) is 19.5 Å². The predicted molar refractivity (Wildman–Crippen MR) is 77.7 cm³/mol. The molecule has 0 heterocycles. The van der Waals surface area contributed by atoms with Gasteiger partial charge in [-0.05, 0) is 24.6 Å². The Hall–Kier alpha value is -2.26. The van der Waals surface area contributed by atoms with Gasteiger partial charge >= 0.3 is 12.0 Å². The molecule has 0 aliphatic rings. The van der Waals surface area contributed by atoms with Crippen LogP contribution in [0.5, 0.6) is 0 Å². The first kappa shape index (κ1) is 16.8. The normalized spacial score (nSPS) is 11.3. The summed E-state index contributed by atoms with van der Waals surface area (Å²) in [6, 6.07) is 7.33. The van der Waals surface area contributed by atoms with Crippen molar-refractivity contribution in [1.29, 1.82) is 5.26 Å². The van der Waals surface area contributed by atoms with Crippen molar-refractivity contribution in [3.8, 4) is 6.07 Å². The monoisotopic (exact) mass is 309 g/mol. The number of nitrogens with zero attached hydrogens (tertiary/aromatic N) is 2. The van der Waals surface area contributed by atoms with E-state index < -0.39 is 18.0 Å². The Morgan fingerprint density at radius 1 is 1.43 bits per heavy atom. The third kappa shape index (κ3) is 5.32. The predicted octanol–water partition coefficient (Wildman–Crippen LogP) is 2.24. The number of nitriles is 1. The van der Waals surface area contributed by atoms with Crippen LogP contribution in [0.25, 0.3) is 0 Å². The van der Waals surface area contributed by atoms with Gasteiger partial charge in [-0.15, -0.1) is 0 Å². The van der Waals surface area contributed by atoms with Crippen LogP contribution in [-0.4, -0.2) is 34.6 Å². The molecule has 2 amide bonds. The van der Waals surface area contributed by atoms with Crippen molar-refractivity contribution in [3.05, 3.63) is 34.9 Å². The molecule has 0 saturated heterocycles. The Morgan fingerprint density at radius 2 is 2.05 bits per heavy atom. The first-order valence-electron chi connectivity index (χ1n) is 6.34. The lowest BCUT2D eigenvalue weighted by molar-refractivity contribution is -0.141. The van der Waals surface area contributed by atoms with E-state index >= 15 is 0 Å². The van der Waals surface area contributed by atoms with Gasteiger partial charge in [0.05, 0.1) is 12.5 Å². The number of urea groups is 1. The maximum atomic E-state index is 12.1. The molecule has 0 bridgehead atoms. The van der Waals surface area contributed by atoms with Gasteiger partial charge in [0.15, 0.2) is 0 Å². The third-order valence-corrected chi connectivity index (χ3v) is 3.16. The van der Waals surface area contributed by atoms with E-state index in [1.165, 1.54) is 6.92 Å². The molecule has 6 nitrogen and oxygen atoms in total. The van der Waals surface area contributed by atoms with E-state index in [9.17, 15) is 9.59 Å². The van der Waals surface area contributed by atoms with Crippen LogP contribution < -0.4 is 5.32 Å². The standard InChI is InChI=1S/C14H16ClN3O3/c1-10(13(19)20)18(8-2-7-16)14(21)17-9-11-3-5-12(15)6-4-11/h3-6,10H,2,8-9H2,1H3,(H,17,21)(H,19,20). The van der Waals surface area contributed by atoms with Gasteiger partial charge in [-0.3, -0.25) is 0 Å². The molecule has 0 radical (unpaired) electrons. The fourth-order valence-corrected chi connectivity index (χ4v) is 1.78. The number of hydrogen-bond acceptors (Lipinski definition) is 3. The number of carboxylic acids is 1. The summed E-state index contributed by atoms with van der Waals surface area (Å²) < 4.78 is 0. The van der Waals surface area contributed by atoms with E-state index in [2.05, 4.69) is 5.32 Å². The first-order chi connectivity index (χ1) is 9.95. The first-order valence-corrected chi connectivity index (χ1v) is 6.72. The molecule has 21 heavy (non-hydrogen) atoms. The Morgan fingerprint density at radius 3 is 2.57 bits per heavy atom. The van der Waals surface area contributed by atoms with Gasteiger partial charge in [-0.25, -0.2) is 9.59 Å². The summed E-state index contributed by atoms with van der Waals surface area (Å²) in [6.45, 7) is 1.73. The van der Waals surface area contributed by atoms with Crippen molar-refractivity contribution in [2.45, 2.75) is 25.9 Å². The van der Waals surface area contributed by atoms with Gasteiger partial charge in [-0.2, -0.15) is 5.26 Å². The molecule has 112 valence electrons. The summed E-state index contributed by atoms with van der Waals surface area (Å²) in [5.74, 6) is -1.12. The average molecular weight is 310 g/mol. The number of rotatable bonds is 6. The van der Waals surface area contributed by atoms with E-state index in [0.29, 0.717) is 5.02 Å². The smallest absolute Gasteiger partial charge is 0.326 e. The van der Waals surface area contributed by atoms with Gasteiger partial charge in [0.25, 0.3) is 0 Å². The van der Waals surface area contributed by atoms with Gasteiger partial charge in [0, 0.05) is 18.1 Å². The molecule has 0 spiro atoms. The molecule has 0 aliphatic heterocycles. The summed E-state index contributed by atoms with van der Waals surface area (Å²) in [6.07, 6.45) is 0.0754. The number of hydrogen-bond donors (Lipinski definition) is 2. The molecule has 0 aromatic heterocycles. The highest BCUT2D eigenvalue weighted by molar-refractivity contribution is 6.30. The molecule has 0 fully saturated rings. The van der Waals surface area contributed by atoms with Crippen molar-refractivity contribution in [3.63, 3.8) is 0 Å². The van der Waals surface area contributed by atoms with E-state index in [0.717, 1.165) is 10.5 Å². The van der Waals surface area contributed by atoms with Gasteiger partial charge in [0.2, 0.25) is 0 Å². The topological polar surface area (TPSA) is 93.4 Å². The SMILES string of the molecule is CC(C(=O)O)N(CCC#N)C(=O)NCc1ccc(Cl)cc1. The summed E-state index contributed by atoms with van der Waals surface area (Å²) in [5, 5.41) is 20.8. The van der Waals surface area contributed by atoms with Crippen molar-refractivity contribution >= 4 is 23.6 Å². The van der Waals surface area contributed by atoms with Crippen LogP contribution in [0.2, 0.25) is 5.02 Å². The fourth-order valence-electron chi connectivity index (χ4n) is 1.66. The molecule has 1 unspecified atom stereocenters. The highest BCUT2D eigenvalue weighted by atomic mass is 35.5. The third-order valence-electron chi connectivity index (χ3n) is 2.91. The highest BCUT2D eigenvalue weighted by Gasteiger charge is 2.24. The van der Waals surface area contributed by atoms with Gasteiger partial charge in [0.1, 0.15) is 6.04 Å². The zero-order chi connectivity index (χ0) is 15.8. The fraction of sp³-hybridized carbons (Fsp3) is 0.357. The zero-order valence-corrected chi connectivity index (χ0v) is 12.3. The lowest BCUT2D eigenvalue weighted by Crippen LogP contribution is -2.48. The second kappa shape index (κ2) is 8.12. The maximum Gasteiger partial charge on any atom is 0.326 e. The number of halogens is 1. The zero-order valence-electron chi connectivity index (χ0n) is 11.5. The van der Waals surface area contributed by atoms with Crippen molar-refractivity contribution < 1.29 is 14.7 Å². The Kier molecular flexibility index (Phi) is 6.50. The van der Waals surface area contributed by atoms with E-state index in [4.69, 9.17) is 22.0 Å².